The second-order valence-corrected chi connectivity index (χ2v) is 6.97. The molecule has 0 bridgehead atoms. The van der Waals surface area contributed by atoms with Crippen LogP contribution in [-0.2, 0) is 14.8 Å². The number of nitrogens with one attached hydrogen (secondary N) is 1. The summed E-state index contributed by atoms with van der Waals surface area (Å²) in [7, 11) is -3.74. The summed E-state index contributed by atoms with van der Waals surface area (Å²) in [4.78, 5) is 10.3. The van der Waals surface area contributed by atoms with Gasteiger partial charge in [-0.15, -0.1) is 0 Å². The lowest BCUT2D eigenvalue weighted by Crippen LogP contribution is -2.26. The quantitative estimate of drug-likeness (QED) is 0.764. The molecule has 8 heteroatoms. The first-order chi connectivity index (χ1) is 9.72. The van der Waals surface area contributed by atoms with E-state index >= 15 is 0 Å². The molecule has 0 saturated heterocycles. The Balaban J connectivity index is 2.53. The molecule has 1 rings (SSSR count). The van der Waals surface area contributed by atoms with Gasteiger partial charge in [0.1, 0.15) is 5.82 Å². The van der Waals surface area contributed by atoms with Crippen molar-refractivity contribution in [1.82, 2.24) is 4.72 Å². The number of benzene rings is 1. The summed E-state index contributed by atoms with van der Waals surface area (Å²) in [5, 5.41) is 8.30. The summed E-state index contributed by atoms with van der Waals surface area (Å²) in [5.74, 6) is -1.47. The van der Waals surface area contributed by atoms with Gasteiger partial charge >= 0.3 is 5.97 Å². The molecule has 0 aliphatic rings. The van der Waals surface area contributed by atoms with Crippen LogP contribution in [0.5, 0.6) is 0 Å². The minimum atomic E-state index is -3.74. The molecule has 0 aliphatic carbocycles. The first-order valence-electron chi connectivity index (χ1n) is 6.39. The predicted octanol–water partition coefficient (Wildman–Crippen LogP) is 2.65. The maximum Gasteiger partial charge on any atom is 0.303 e. The molecule has 118 valence electrons. The second-order valence-electron chi connectivity index (χ2n) is 4.80. The molecular weight excluding hydrogens is 321 g/mol. The molecule has 0 aliphatic heterocycles. The van der Waals surface area contributed by atoms with Crippen molar-refractivity contribution in [3.8, 4) is 0 Å². The van der Waals surface area contributed by atoms with Gasteiger partial charge in [0.2, 0.25) is 10.0 Å². The fourth-order valence-corrected chi connectivity index (χ4v) is 3.00. The number of rotatable bonds is 8. The van der Waals surface area contributed by atoms with E-state index in [2.05, 4.69) is 4.72 Å². The van der Waals surface area contributed by atoms with Crippen LogP contribution >= 0.6 is 11.6 Å². The van der Waals surface area contributed by atoms with E-state index in [1.807, 2.05) is 6.92 Å². The third-order valence-electron chi connectivity index (χ3n) is 2.98. The van der Waals surface area contributed by atoms with E-state index in [-0.39, 0.29) is 28.8 Å². The van der Waals surface area contributed by atoms with Crippen molar-refractivity contribution in [2.24, 2.45) is 5.92 Å². The van der Waals surface area contributed by atoms with Crippen molar-refractivity contribution in [2.45, 2.75) is 31.1 Å². The molecule has 2 N–H and O–H groups in total. The fraction of sp³-hybridized carbons (Fsp3) is 0.462. The minimum absolute atomic E-state index is 0.0570. The van der Waals surface area contributed by atoms with Crippen molar-refractivity contribution in [3.05, 3.63) is 29.0 Å². The number of halogens is 2. The van der Waals surface area contributed by atoms with Gasteiger partial charge in [0, 0.05) is 13.0 Å². The lowest BCUT2D eigenvalue weighted by Gasteiger charge is -2.11. The van der Waals surface area contributed by atoms with Gasteiger partial charge in [-0.2, -0.15) is 0 Å². The number of hydrogen-bond acceptors (Lipinski definition) is 3. The molecule has 0 saturated carbocycles. The van der Waals surface area contributed by atoms with Crippen LogP contribution in [0.15, 0.2) is 23.1 Å². The van der Waals surface area contributed by atoms with E-state index in [4.69, 9.17) is 16.7 Å². The monoisotopic (exact) mass is 337 g/mol. The van der Waals surface area contributed by atoms with Crippen LogP contribution in [0.3, 0.4) is 0 Å². The molecule has 21 heavy (non-hydrogen) atoms. The smallest absolute Gasteiger partial charge is 0.303 e. The van der Waals surface area contributed by atoms with Gasteiger partial charge in [-0.05, 0) is 37.0 Å². The molecule has 1 atom stereocenters. The Morgan fingerprint density at radius 2 is 2.10 bits per heavy atom. The maximum absolute atomic E-state index is 13.0. The van der Waals surface area contributed by atoms with Crippen molar-refractivity contribution in [3.63, 3.8) is 0 Å². The van der Waals surface area contributed by atoms with Crippen LogP contribution in [0.2, 0.25) is 5.02 Å². The van der Waals surface area contributed by atoms with Gasteiger partial charge in [0.15, 0.2) is 0 Å². The molecule has 0 radical (unpaired) electrons. The van der Waals surface area contributed by atoms with Gasteiger partial charge in [-0.1, -0.05) is 18.5 Å². The van der Waals surface area contributed by atoms with E-state index in [9.17, 15) is 17.6 Å². The van der Waals surface area contributed by atoms with Gasteiger partial charge in [-0.25, -0.2) is 17.5 Å². The van der Waals surface area contributed by atoms with E-state index in [1.54, 1.807) is 0 Å². The molecule has 1 aromatic rings. The van der Waals surface area contributed by atoms with Crippen LogP contribution in [-0.4, -0.2) is 26.0 Å². The summed E-state index contributed by atoms with van der Waals surface area (Å²) in [5.41, 5.74) is 0. The van der Waals surface area contributed by atoms with Crippen LogP contribution in [0.4, 0.5) is 4.39 Å². The van der Waals surface area contributed by atoms with Gasteiger partial charge in [0.05, 0.1) is 9.92 Å². The summed E-state index contributed by atoms with van der Waals surface area (Å²) in [6.07, 6.45) is 1.06. The summed E-state index contributed by atoms with van der Waals surface area (Å²) in [6.45, 7) is 2.03. The largest absolute Gasteiger partial charge is 0.481 e. The maximum atomic E-state index is 13.0. The zero-order valence-electron chi connectivity index (χ0n) is 11.5. The number of aliphatic carboxylic acids is 1. The standard InChI is InChI=1S/C13H17ClFNO4S/c1-9(2-5-13(17)18)6-7-16-21(19,20)10-3-4-12(15)11(14)8-10/h3-4,8-9,16H,2,5-7H2,1H3,(H,17,18). The summed E-state index contributed by atoms with van der Waals surface area (Å²) >= 11 is 5.55. The first-order valence-corrected chi connectivity index (χ1v) is 8.25. The van der Waals surface area contributed by atoms with Crippen molar-refractivity contribution < 1.29 is 22.7 Å². The third-order valence-corrected chi connectivity index (χ3v) is 4.73. The average molecular weight is 338 g/mol. The Morgan fingerprint density at radius 1 is 1.43 bits per heavy atom. The van der Waals surface area contributed by atoms with Gasteiger partial charge < -0.3 is 5.11 Å². The Morgan fingerprint density at radius 3 is 2.67 bits per heavy atom. The molecule has 0 fully saturated rings. The van der Waals surface area contributed by atoms with E-state index in [0.29, 0.717) is 12.8 Å². The zero-order chi connectivity index (χ0) is 16.0. The Hall–Kier alpha value is -1.18. The lowest BCUT2D eigenvalue weighted by molar-refractivity contribution is -0.137. The van der Waals surface area contributed by atoms with Crippen molar-refractivity contribution >= 4 is 27.6 Å². The lowest BCUT2D eigenvalue weighted by atomic mass is 10.0. The normalized spacial score (nSPS) is 13.1. The Labute approximate surface area is 128 Å². The number of sulfonamides is 1. The Kier molecular flexibility index (Phi) is 6.57. The predicted molar refractivity (Wildman–Crippen MR) is 77.2 cm³/mol. The third kappa shape index (κ3) is 5.99. The zero-order valence-corrected chi connectivity index (χ0v) is 13.0. The summed E-state index contributed by atoms with van der Waals surface area (Å²) in [6, 6.07) is 3.18. The SMILES string of the molecule is CC(CCNS(=O)(=O)c1ccc(F)c(Cl)c1)CCC(=O)O. The minimum Gasteiger partial charge on any atom is -0.481 e. The molecule has 0 spiro atoms. The molecule has 1 aromatic carbocycles. The van der Waals surface area contributed by atoms with Gasteiger partial charge in [0.25, 0.3) is 0 Å². The molecule has 5 nitrogen and oxygen atoms in total. The summed E-state index contributed by atoms with van der Waals surface area (Å²) < 4.78 is 39.3. The van der Waals surface area contributed by atoms with Crippen LogP contribution < -0.4 is 4.72 Å². The highest BCUT2D eigenvalue weighted by Crippen LogP contribution is 2.19. The Bertz CT molecular complexity index is 606. The highest BCUT2D eigenvalue weighted by Gasteiger charge is 2.16. The van der Waals surface area contributed by atoms with Crippen molar-refractivity contribution in [2.75, 3.05) is 6.54 Å². The number of hydrogen-bond donors (Lipinski definition) is 2. The van der Waals surface area contributed by atoms with Gasteiger partial charge in [-0.3, -0.25) is 4.79 Å². The fourth-order valence-electron chi connectivity index (χ4n) is 1.68. The van der Waals surface area contributed by atoms with E-state index in [1.165, 1.54) is 0 Å². The molecule has 1 unspecified atom stereocenters. The number of carboxylic acid groups (broad SMARTS) is 1. The molecule has 0 aromatic heterocycles. The molecule has 0 heterocycles. The topological polar surface area (TPSA) is 83.5 Å². The average Bonchev–Trinajstić information content (AvgIpc) is 2.39. The number of carboxylic acids is 1. The number of carbonyl (C=O) groups is 1. The highest BCUT2D eigenvalue weighted by atomic mass is 35.5. The second kappa shape index (κ2) is 7.72. The van der Waals surface area contributed by atoms with Crippen LogP contribution in [0.1, 0.15) is 26.2 Å². The highest BCUT2D eigenvalue weighted by molar-refractivity contribution is 7.89. The van der Waals surface area contributed by atoms with Crippen molar-refractivity contribution in [1.29, 1.82) is 0 Å². The van der Waals surface area contributed by atoms with Crippen LogP contribution in [0.25, 0.3) is 0 Å². The first kappa shape index (κ1) is 17.9. The molecular formula is C13H17ClFNO4S. The molecule has 0 amide bonds. The van der Waals surface area contributed by atoms with Crippen LogP contribution in [0, 0.1) is 11.7 Å². The van der Waals surface area contributed by atoms with E-state index in [0.717, 1.165) is 18.2 Å². The van der Waals surface area contributed by atoms with E-state index < -0.39 is 21.8 Å².